The first kappa shape index (κ1) is 29.1. The molecule has 6 nitrogen and oxygen atoms in total. The zero-order valence-corrected chi connectivity index (χ0v) is 23.3. The Bertz CT molecular complexity index is 1500. The lowest BCUT2D eigenvalue weighted by Crippen LogP contribution is -2.31. The number of alkyl halides is 3. The standard InChI is InChI=1S/C29H25F3N4O2S2/c1-3-4-12-36-27(37)23(34-28(36)39)14-18-10-11-24(38-2)20(13-18)17-40-26-22(16-33)21(19-8-6-5-7-9-19)15-25(35-26)29(30,31)32/h5-11,13-15H,3-4,12,17H2,1-2H3,(H,34,39)/b23-14+. The second kappa shape index (κ2) is 12.5. The van der Waals surface area contributed by atoms with Crippen LogP contribution >= 0.6 is 24.0 Å². The lowest BCUT2D eigenvalue weighted by molar-refractivity contribution is -0.141. The Labute approximate surface area is 239 Å². The molecule has 0 atom stereocenters. The van der Waals surface area contributed by atoms with Gasteiger partial charge in [0.25, 0.3) is 5.91 Å². The molecule has 0 radical (unpaired) electrons. The number of unbranched alkanes of at least 4 members (excludes halogenated alkanes) is 1. The normalized spacial score (nSPS) is 14.4. The molecule has 3 aromatic rings. The van der Waals surface area contributed by atoms with Crippen LogP contribution in [0.4, 0.5) is 13.2 Å². The number of thioether (sulfide) groups is 1. The summed E-state index contributed by atoms with van der Waals surface area (Å²) in [6.45, 7) is 2.56. The average Bonchev–Trinajstić information content (AvgIpc) is 3.21. The molecule has 0 bridgehead atoms. The molecule has 1 fully saturated rings. The highest BCUT2D eigenvalue weighted by Crippen LogP contribution is 2.38. The van der Waals surface area contributed by atoms with Crippen molar-refractivity contribution in [3.8, 4) is 22.9 Å². The van der Waals surface area contributed by atoms with Crippen molar-refractivity contribution >= 4 is 41.1 Å². The van der Waals surface area contributed by atoms with Gasteiger partial charge >= 0.3 is 6.18 Å². The molecule has 2 aromatic carbocycles. The van der Waals surface area contributed by atoms with Crippen LogP contribution in [0.25, 0.3) is 17.2 Å². The summed E-state index contributed by atoms with van der Waals surface area (Å²) in [7, 11) is 1.49. The molecular weight excluding hydrogens is 557 g/mol. The van der Waals surface area contributed by atoms with Crippen LogP contribution in [0, 0.1) is 11.3 Å². The van der Waals surface area contributed by atoms with Crippen LogP contribution in [-0.4, -0.2) is 34.6 Å². The van der Waals surface area contributed by atoms with Gasteiger partial charge in [0.05, 0.1) is 12.7 Å². The van der Waals surface area contributed by atoms with E-state index >= 15 is 0 Å². The summed E-state index contributed by atoms with van der Waals surface area (Å²) in [5, 5.41) is 13.2. The molecule has 0 aliphatic carbocycles. The quantitative estimate of drug-likeness (QED) is 0.169. The molecule has 1 aliphatic rings. The highest BCUT2D eigenvalue weighted by atomic mass is 32.2. The number of hydrogen-bond donors (Lipinski definition) is 1. The number of thiocarbonyl (C=S) groups is 1. The van der Waals surface area contributed by atoms with E-state index in [1.807, 2.05) is 13.0 Å². The second-order valence-corrected chi connectivity index (χ2v) is 10.2. The maximum atomic E-state index is 13.8. The van der Waals surface area contributed by atoms with E-state index in [9.17, 15) is 23.2 Å². The molecule has 11 heteroatoms. The number of hydrogen-bond acceptors (Lipinski definition) is 6. The first-order chi connectivity index (χ1) is 19.2. The van der Waals surface area contributed by atoms with Gasteiger partial charge in [0.2, 0.25) is 0 Å². The van der Waals surface area contributed by atoms with Gasteiger partial charge in [-0.15, -0.1) is 11.8 Å². The van der Waals surface area contributed by atoms with Crippen molar-refractivity contribution < 1.29 is 22.7 Å². The molecule has 1 amide bonds. The molecule has 0 saturated carbocycles. The second-order valence-electron chi connectivity index (χ2n) is 8.87. The minimum atomic E-state index is -4.69. The SMILES string of the molecule is CCCCN1C(=O)/C(=C\c2ccc(OC)c(CSc3nc(C(F)(F)F)cc(-c4ccccc4)c3C#N)c2)NC1=S. The number of nitrogens with one attached hydrogen (secondary N) is 1. The van der Waals surface area contributed by atoms with Crippen molar-refractivity contribution in [2.75, 3.05) is 13.7 Å². The third-order valence-corrected chi connectivity index (χ3v) is 7.50. The molecule has 0 unspecified atom stereocenters. The number of rotatable bonds is 9. The summed E-state index contributed by atoms with van der Waals surface area (Å²) in [4.78, 5) is 18.2. The topological polar surface area (TPSA) is 78.2 Å². The van der Waals surface area contributed by atoms with Crippen LogP contribution in [0.15, 0.2) is 65.3 Å². The van der Waals surface area contributed by atoms with Crippen molar-refractivity contribution in [3.63, 3.8) is 0 Å². The zero-order valence-electron chi connectivity index (χ0n) is 21.7. The monoisotopic (exact) mass is 582 g/mol. The smallest absolute Gasteiger partial charge is 0.433 e. The molecule has 4 rings (SSSR count). The van der Waals surface area contributed by atoms with Crippen molar-refractivity contribution in [1.29, 1.82) is 5.26 Å². The lowest BCUT2D eigenvalue weighted by Gasteiger charge is -2.15. The maximum Gasteiger partial charge on any atom is 0.433 e. The van der Waals surface area contributed by atoms with Crippen molar-refractivity contribution in [2.24, 2.45) is 0 Å². The number of methoxy groups -OCH3 is 1. The minimum absolute atomic E-state index is 0.0356. The number of carbonyl (C=O) groups excluding carboxylic acids is 1. The van der Waals surface area contributed by atoms with E-state index in [2.05, 4.69) is 10.3 Å². The van der Waals surface area contributed by atoms with Gasteiger partial charge in [-0.3, -0.25) is 9.69 Å². The fraction of sp³-hybridized carbons (Fsp3) is 0.241. The molecule has 1 saturated heterocycles. The van der Waals surface area contributed by atoms with Crippen LogP contribution in [0.2, 0.25) is 0 Å². The molecule has 206 valence electrons. The summed E-state index contributed by atoms with van der Waals surface area (Å²) in [6, 6.07) is 16.7. The third-order valence-electron chi connectivity index (χ3n) is 6.15. The van der Waals surface area contributed by atoms with E-state index in [0.717, 1.165) is 30.7 Å². The van der Waals surface area contributed by atoms with E-state index in [-0.39, 0.29) is 27.8 Å². The van der Waals surface area contributed by atoms with Gasteiger partial charge < -0.3 is 10.1 Å². The number of pyridine rings is 1. The average molecular weight is 583 g/mol. The first-order valence-electron chi connectivity index (χ1n) is 12.4. The number of amides is 1. The first-order valence-corrected chi connectivity index (χ1v) is 13.8. The van der Waals surface area contributed by atoms with E-state index in [1.165, 1.54) is 12.0 Å². The Kier molecular flexibility index (Phi) is 9.12. The summed E-state index contributed by atoms with van der Waals surface area (Å²) in [6.07, 6.45) is -1.27. The molecule has 1 aliphatic heterocycles. The number of halogens is 3. The van der Waals surface area contributed by atoms with Crippen LogP contribution in [0.3, 0.4) is 0 Å². The van der Waals surface area contributed by atoms with Gasteiger partial charge in [-0.2, -0.15) is 18.4 Å². The minimum Gasteiger partial charge on any atom is -0.496 e. The van der Waals surface area contributed by atoms with Crippen LogP contribution < -0.4 is 10.1 Å². The molecule has 1 N–H and O–H groups in total. The number of ether oxygens (including phenoxy) is 1. The van der Waals surface area contributed by atoms with Crippen molar-refractivity contribution in [2.45, 2.75) is 36.7 Å². The fourth-order valence-electron chi connectivity index (χ4n) is 4.13. The molecule has 40 heavy (non-hydrogen) atoms. The van der Waals surface area contributed by atoms with Crippen molar-refractivity contribution in [3.05, 3.63) is 82.7 Å². The predicted octanol–water partition coefficient (Wildman–Crippen LogP) is 6.80. The Morgan fingerprint density at radius 1 is 1.20 bits per heavy atom. The van der Waals surface area contributed by atoms with E-state index in [0.29, 0.717) is 39.8 Å². The third kappa shape index (κ3) is 6.46. The Morgan fingerprint density at radius 3 is 2.60 bits per heavy atom. The van der Waals surface area contributed by atoms with Crippen molar-refractivity contribution in [1.82, 2.24) is 15.2 Å². The van der Waals surface area contributed by atoms with Gasteiger partial charge in [-0.25, -0.2) is 4.98 Å². The largest absolute Gasteiger partial charge is 0.496 e. The Hall–Kier alpha value is -3.88. The van der Waals surface area contributed by atoms with Crippen LogP contribution in [0.5, 0.6) is 5.75 Å². The summed E-state index contributed by atoms with van der Waals surface area (Å²) in [5.41, 5.74) is 1.30. The molecular formula is C29H25F3N4O2S2. The summed E-state index contributed by atoms with van der Waals surface area (Å²) in [5.74, 6) is 0.458. The highest BCUT2D eigenvalue weighted by Gasteiger charge is 2.35. The summed E-state index contributed by atoms with van der Waals surface area (Å²) < 4.78 is 46.7. The van der Waals surface area contributed by atoms with Gasteiger partial charge in [-0.1, -0.05) is 49.7 Å². The highest BCUT2D eigenvalue weighted by molar-refractivity contribution is 7.98. The molecule has 0 spiro atoms. The Morgan fingerprint density at radius 2 is 1.95 bits per heavy atom. The lowest BCUT2D eigenvalue weighted by atomic mass is 10.0. The van der Waals surface area contributed by atoms with Gasteiger partial charge in [0.1, 0.15) is 28.2 Å². The number of benzene rings is 2. The Balaban J connectivity index is 1.67. The van der Waals surface area contributed by atoms with Gasteiger partial charge in [0, 0.05) is 23.4 Å². The van der Waals surface area contributed by atoms with E-state index in [4.69, 9.17) is 17.0 Å². The number of nitrogens with zero attached hydrogens (tertiary/aromatic N) is 3. The number of aromatic nitrogens is 1. The predicted molar refractivity (Wildman–Crippen MR) is 152 cm³/mol. The molecule has 2 heterocycles. The van der Waals surface area contributed by atoms with Crippen LogP contribution in [0.1, 0.15) is 42.1 Å². The van der Waals surface area contributed by atoms with E-state index in [1.54, 1.807) is 54.6 Å². The van der Waals surface area contributed by atoms with Crippen LogP contribution in [-0.2, 0) is 16.7 Å². The molecule has 1 aromatic heterocycles. The van der Waals surface area contributed by atoms with Gasteiger partial charge in [0.15, 0.2) is 5.11 Å². The van der Waals surface area contributed by atoms with E-state index < -0.39 is 11.9 Å². The van der Waals surface area contributed by atoms with Gasteiger partial charge in [-0.05, 0) is 54.0 Å². The summed E-state index contributed by atoms with van der Waals surface area (Å²) >= 11 is 6.32. The fourth-order valence-corrected chi connectivity index (χ4v) is 5.39. The zero-order chi connectivity index (χ0) is 28.9. The number of nitriles is 1. The number of carbonyl (C=O) groups is 1. The maximum absolute atomic E-state index is 13.8.